The van der Waals surface area contributed by atoms with Crippen LogP contribution in [0.25, 0.3) is 11.0 Å². The zero-order chi connectivity index (χ0) is 24.8. The zero-order valence-electron chi connectivity index (χ0n) is 19.3. The van der Waals surface area contributed by atoms with Gasteiger partial charge in [-0.15, -0.1) is 0 Å². The van der Waals surface area contributed by atoms with Crippen molar-refractivity contribution in [3.8, 4) is 5.75 Å². The summed E-state index contributed by atoms with van der Waals surface area (Å²) in [5, 5.41) is 9.41. The molecule has 1 heterocycles. The molecule has 35 heavy (non-hydrogen) atoms. The second kappa shape index (κ2) is 10.8. The molecule has 8 heteroatoms. The molecule has 0 aliphatic carbocycles. The van der Waals surface area contributed by atoms with E-state index in [4.69, 9.17) is 21.4 Å². The Balaban J connectivity index is 1.34. The van der Waals surface area contributed by atoms with Gasteiger partial charge in [-0.3, -0.25) is 14.9 Å². The molecule has 7 nitrogen and oxygen atoms in total. The molecule has 0 saturated heterocycles. The Morgan fingerprint density at radius 1 is 0.914 bits per heavy atom. The fraction of sp³-hybridized carbons (Fsp3) is 0.148. The van der Waals surface area contributed by atoms with Crippen molar-refractivity contribution in [2.45, 2.75) is 26.4 Å². The number of carbonyl (C=O) groups excluding carboxylic acids is 2. The van der Waals surface area contributed by atoms with E-state index in [1.807, 2.05) is 32.0 Å². The Morgan fingerprint density at radius 2 is 1.63 bits per heavy atom. The van der Waals surface area contributed by atoms with Crippen LogP contribution < -0.4 is 20.7 Å². The highest BCUT2D eigenvalue weighted by Gasteiger charge is 2.13. The third-order valence-corrected chi connectivity index (χ3v) is 5.49. The van der Waals surface area contributed by atoms with Crippen molar-refractivity contribution in [3.05, 3.63) is 90.2 Å². The van der Waals surface area contributed by atoms with E-state index in [1.165, 1.54) is 0 Å². The number of ether oxygens (including phenoxy) is 1. The predicted octanol–water partition coefficient (Wildman–Crippen LogP) is 5.99. The smallest absolute Gasteiger partial charge is 0.291 e. The second-order valence-corrected chi connectivity index (χ2v) is 8.36. The third-order valence-electron chi connectivity index (χ3n) is 5.28. The topological polar surface area (TPSA) is 92.6 Å². The lowest BCUT2D eigenvalue weighted by Crippen LogP contribution is -2.34. The molecule has 4 aromatic rings. The first kappa shape index (κ1) is 24.0. The molecule has 4 rings (SSSR count). The third kappa shape index (κ3) is 6.24. The summed E-state index contributed by atoms with van der Waals surface area (Å²) in [6.07, 6.45) is 0.998. The van der Waals surface area contributed by atoms with Crippen LogP contribution in [-0.4, -0.2) is 23.0 Å². The highest BCUT2D eigenvalue weighted by atomic mass is 32.1. The molecule has 178 valence electrons. The second-order valence-electron chi connectivity index (χ2n) is 7.95. The lowest BCUT2D eigenvalue weighted by Gasteiger charge is -2.13. The van der Waals surface area contributed by atoms with Gasteiger partial charge in [-0.05, 0) is 80.2 Å². The quantitative estimate of drug-likeness (QED) is 0.277. The van der Waals surface area contributed by atoms with Crippen LogP contribution in [0.4, 0.5) is 11.4 Å². The van der Waals surface area contributed by atoms with Gasteiger partial charge in [0.15, 0.2) is 10.9 Å². The summed E-state index contributed by atoms with van der Waals surface area (Å²) < 4.78 is 11.3. The Kier molecular flexibility index (Phi) is 7.42. The van der Waals surface area contributed by atoms with E-state index in [-0.39, 0.29) is 28.8 Å². The van der Waals surface area contributed by atoms with Crippen LogP contribution in [-0.2, 0) is 0 Å². The standard InChI is InChI=1S/C27H25N3O4S/c1-3-17(2)33-22-13-11-18(12-14-22)25(31)30-27(35)29-21-9-6-8-20(16-21)28-26(32)24-15-19-7-4-5-10-23(19)34-24/h4-17H,3H2,1-2H3,(H,28,32)(H2,29,30,31,35)/t17-/m0/s1. The molecular formula is C27H25N3O4S. The van der Waals surface area contributed by atoms with Crippen LogP contribution in [0.2, 0.25) is 0 Å². The fourth-order valence-electron chi connectivity index (χ4n) is 3.30. The van der Waals surface area contributed by atoms with Crippen molar-refractivity contribution in [2.24, 2.45) is 0 Å². The Labute approximate surface area is 208 Å². The number of hydrogen-bond donors (Lipinski definition) is 3. The summed E-state index contributed by atoms with van der Waals surface area (Å²) in [5.41, 5.74) is 2.26. The van der Waals surface area contributed by atoms with Crippen molar-refractivity contribution in [1.82, 2.24) is 5.32 Å². The molecule has 0 saturated carbocycles. The summed E-state index contributed by atoms with van der Waals surface area (Å²) in [7, 11) is 0. The number of furan rings is 1. The van der Waals surface area contributed by atoms with Crippen LogP contribution in [0.5, 0.6) is 5.75 Å². The van der Waals surface area contributed by atoms with E-state index in [0.717, 1.165) is 11.8 Å². The predicted molar refractivity (Wildman–Crippen MR) is 141 cm³/mol. The Hall–Kier alpha value is -4.17. The normalized spacial score (nSPS) is 11.5. The maximum absolute atomic E-state index is 12.6. The van der Waals surface area contributed by atoms with Crippen LogP contribution in [0, 0.1) is 0 Å². The number of hydrogen-bond acceptors (Lipinski definition) is 5. The number of rotatable bonds is 7. The lowest BCUT2D eigenvalue weighted by atomic mass is 10.2. The van der Waals surface area contributed by atoms with Crippen LogP contribution in [0.1, 0.15) is 41.2 Å². The molecule has 0 radical (unpaired) electrons. The molecule has 0 aliphatic rings. The number of amides is 2. The van der Waals surface area contributed by atoms with Gasteiger partial charge in [-0.2, -0.15) is 0 Å². The van der Waals surface area contributed by atoms with Crippen molar-refractivity contribution < 1.29 is 18.7 Å². The van der Waals surface area contributed by atoms with E-state index in [2.05, 4.69) is 16.0 Å². The number of benzene rings is 3. The van der Waals surface area contributed by atoms with Crippen LogP contribution >= 0.6 is 12.2 Å². The largest absolute Gasteiger partial charge is 0.491 e. The highest BCUT2D eigenvalue weighted by molar-refractivity contribution is 7.80. The monoisotopic (exact) mass is 487 g/mol. The van der Waals surface area contributed by atoms with Gasteiger partial charge in [-0.1, -0.05) is 31.2 Å². The van der Waals surface area contributed by atoms with Crippen LogP contribution in [0.3, 0.4) is 0 Å². The van der Waals surface area contributed by atoms with Gasteiger partial charge in [0, 0.05) is 22.3 Å². The minimum atomic E-state index is -0.366. The van der Waals surface area contributed by atoms with Crippen molar-refractivity contribution in [1.29, 1.82) is 0 Å². The highest BCUT2D eigenvalue weighted by Crippen LogP contribution is 2.21. The SMILES string of the molecule is CC[C@H](C)Oc1ccc(C(=O)NC(=S)Nc2cccc(NC(=O)c3cc4ccccc4o3)c2)cc1. The molecular weight excluding hydrogens is 462 g/mol. The number of fused-ring (bicyclic) bond motifs is 1. The van der Waals surface area contributed by atoms with E-state index >= 15 is 0 Å². The van der Waals surface area contributed by atoms with E-state index < -0.39 is 0 Å². The van der Waals surface area contributed by atoms with Gasteiger partial charge in [0.25, 0.3) is 11.8 Å². The molecule has 0 aliphatic heterocycles. The summed E-state index contributed by atoms with van der Waals surface area (Å²) in [6.45, 7) is 4.04. The maximum Gasteiger partial charge on any atom is 0.291 e. The van der Waals surface area contributed by atoms with Crippen LogP contribution in [0.15, 0.2) is 83.3 Å². The minimum Gasteiger partial charge on any atom is -0.491 e. The molecule has 0 unspecified atom stereocenters. The first-order valence-corrected chi connectivity index (χ1v) is 11.6. The fourth-order valence-corrected chi connectivity index (χ4v) is 3.51. The molecule has 3 N–H and O–H groups in total. The first-order chi connectivity index (χ1) is 16.9. The zero-order valence-corrected chi connectivity index (χ0v) is 20.1. The van der Waals surface area contributed by atoms with E-state index in [0.29, 0.717) is 28.3 Å². The van der Waals surface area contributed by atoms with Gasteiger partial charge in [0.1, 0.15) is 11.3 Å². The molecule has 0 bridgehead atoms. The van der Waals surface area contributed by atoms with Crippen molar-refractivity contribution in [2.75, 3.05) is 10.6 Å². The maximum atomic E-state index is 12.6. The molecule has 1 atom stereocenters. The summed E-state index contributed by atoms with van der Waals surface area (Å²) in [5.74, 6) is 0.216. The van der Waals surface area contributed by atoms with E-state index in [9.17, 15) is 9.59 Å². The number of thiocarbonyl (C=S) groups is 1. The Bertz CT molecular complexity index is 1330. The van der Waals surface area contributed by atoms with Crippen molar-refractivity contribution >= 4 is 51.5 Å². The number of nitrogens with one attached hydrogen (secondary N) is 3. The summed E-state index contributed by atoms with van der Waals surface area (Å²) in [6, 6.07) is 23.0. The average Bonchev–Trinajstić information content (AvgIpc) is 3.29. The summed E-state index contributed by atoms with van der Waals surface area (Å²) in [4.78, 5) is 25.1. The molecule has 2 amide bonds. The number of para-hydroxylation sites is 1. The first-order valence-electron chi connectivity index (χ1n) is 11.2. The van der Waals surface area contributed by atoms with Gasteiger partial charge in [0.05, 0.1) is 6.10 Å². The summed E-state index contributed by atoms with van der Waals surface area (Å²) >= 11 is 5.29. The molecule has 1 aromatic heterocycles. The lowest BCUT2D eigenvalue weighted by molar-refractivity contribution is 0.0975. The molecule has 0 fully saturated rings. The molecule has 3 aromatic carbocycles. The average molecular weight is 488 g/mol. The minimum absolute atomic E-state index is 0.103. The molecule has 0 spiro atoms. The number of carbonyl (C=O) groups is 2. The van der Waals surface area contributed by atoms with Crippen molar-refractivity contribution in [3.63, 3.8) is 0 Å². The Morgan fingerprint density at radius 3 is 2.34 bits per heavy atom. The van der Waals surface area contributed by atoms with Gasteiger partial charge in [0.2, 0.25) is 0 Å². The van der Waals surface area contributed by atoms with Gasteiger partial charge >= 0.3 is 0 Å². The van der Waals surface area contributed by atoms with Gasteiger partial charge < -0.3 is 19.8 Å². The number of anilines is 2. The van der Waals surface area contributed by atoms with Gasteiger partial charge in [-0.25, -0.2) is 0 Å². The van der Waals surface area contributed by atoms with E-state index in [1.54, 1.807) is 60.7 Å².